The number of nitrogens with zero attached hydrogens (tertiary/aromatic N) is 10. The number of rotatable bonds is 0. The van der Waals surface area contributed by atoms with E-state index in [4.69, 9.17) is 0 Å². The van der Waals surface area contributed by atoms with E-state index < -0.39 is 0 Å². The summed E-state index contributed by atoms with van der Waals surface area (Å²) in [7, 11) is 0. The van der Waals surface area contributed by atoms with Crippen molar-refractivity contribution in [3.63, 3.8) is 0 Å². The van der Waals surface area contributed by atoms with Crippen molar-refractivity contribution in [2.45, 2.75) is 0 Å². The van der Waals surface area contributed by atoms with Gasteiger partial charge in [-0.2, -0.15) is 15.3 Å². The molecule has 150 valence electrons. The van der Waals surface area contributed by atoms with Crippen LogP contribution in [0.2, 0.25) is 0 Å². The molecule has 0 bridgehead atoms. The molecule has 10 nitrogen and oxygen atoms in total. The second-order valence-corrected chi connectivity index (χ2v) is 4.53. The predicted octanol–water partition coefficient (Wildman–Crippen LogP) is 2.38. The fourth-order valence-electron chi connectivity index (χ4n) is 1.28. The molecule has 5 heterocycles. The van der Waals surface area contributed by atoms with Gasteiger partial charge in [0.05, 0.1) is 6.20 Å². The lowest BCUT2D eigenvalue weighted by Crippen LogP contribution is -1.75. The Morgan fingerprint density at radius 2 is 0.667 bits per heavy atom. The van der Waals surface area contributed by atoms with Crippen LogP contribution in [0, 0.1) is 0 Å². The molecule has 0 saturated carbocycles. The van der Waals surface area contributed by atoms with E-state index in [0.29, 0.717) is 0 Å². The van der Waals surface area contributed by atoms with Gasteiger partial charge in [0.1, 0.15) is 12.7 Å². The van der Waals surface area contributed by atoms with Crippen molar-refractivity contribution in [2.75, 3.05) is 0 Å². The Kier molecular flexibility index (Phi) is 16.2. The van der Waals surface area contributed by atoms with Crippen LogP contribution < -0.4 is 0 Å². The highest BCUT2D eigenvalue weighted by Crippen LogP contribution is 1.73. The first-order valence-electron chi connectivity index (χ1n) is 8.53. The summed E-state index contributed by atoms with van der Waals surface area (Å²) in [4.78, 5) is 22.2. The van der Waals surface area contributed by atoms with Crippen molar-refractivity contribution >= 4 is 0 Å². The molecule has 0 spiro atoms. The summed E-state index contributed by atoms with van der Waals surface area (Å²) >= 11 is 0. The smallest absolute Gasteiger partial charge is 0.138 e. The molecule has 30 heavy (non-hydrogen) atoms. The first-order chi connectivity index (χ1) is 15.0. The number of pyridine rings is 1. The zero-order valence-corrected chi connectivity index (χ0v) is 16.0. The second-order valence-electron chi connectivity index (χ2n) is 4.53. The molecule has 5 rings (SSSR count). The van der Waals surface area contributed by atoms with Crippen LogP contribution in [0.15, 0.2) is 123 Å². The van der Waals surface area contributed by atoms with Gasteiger partial charge in [-0.1, -0.05) is 6.07 Å². The summed E-state index contributed by atoms with van der Waals surface area (Å²) in [5, 5.41) is 14.0. The van der Waals surface area contributed by atoms with Gasteiger partial charge in [-0.25, -0.2) is 15.0 Å². The lowest BCUT2D eigenvalue weighted by atomic mass is 10.5. The predicted molar refractivity (Wildman–Crippen MR) is 110 cm³/mol. The summed E-state index contributed by atoms with van der Waals surface area (Å²) < 4.78 is 0. The van der Waals surface area contributed by atoms with E-state index >= 15 is 0 Å². The molecule has 10 heteroatoms. The van der Waals surface area contributed by atoms with Gasteiger partial charge in [0, 0.05) is 68.2 Å². The van der Waals surface area contributed by atoms with Crippen molar-refractivity contribution < 1.29 is 0 Å². The van der Waals surface area contributed by atoms with E-state index in [-0.39, 0.29) is 0 Å². The van der Waals surface area contributed by atoms with Crippen LogP contribution in [-0.4, -0.2) is 50.3 Å². The van der Waals surface area contributed by atoms with Crippen LogP contribution in [0.4, 0.5) is 0 Å². The third-order valence-electron chi connectivity index (χ3n) is 2.41. The van der Waals surface area contributed by atoms with Crippen LogP contribution in [0.1, 0.15) is 0 Å². The van der Waals surface area contributed by atoms with E-state index in [0.717, 1.165) is 0 Å². The van der Waals surface area contributed by atoms with Gasteiger partial charge in [-0.15, -0.1) is 5.10 Å². The summed E-state index contributed by atoms with van der Waals surface area (Å²) in [5.74, 6) is 0. The lowest BCUT2D eigenvalue weighted by molar-refractivity contribution is 0.969. The molecular formula is C20H20N10. The van der Waals surface area contributed by atoms with E-state index in [1.54, 1.807) is 74.2 Å². The summed E-state index contributed by atoms with van der Waals surface area (Å²) in [6, 6.07) is 11.1. The SMILES string of the molecule is c1ccncc1.c1ccnnc1.c1cnccn1.c1cncnc1.c1cnncn1. The number of hydrogen-bond donors (Lipinski definition) is 0. The highest BCUT2D eigenvalue weighted by Gasteiger charge is 1.61. The average Bonchev–Trinajstić information content (AvgIpc) is 2.91. The Labute approximate surface area is 174 Å². The van der Waals surface area contributed by atoms with Crippen LogP contribution >= 0.6 is 0 Å². The van der Waals surface area contributed by atoms with E-state index in [2.05, 4.69) is 50.3 Å². The topological polar surface area (TPSA) is 129 Å². The lowest BCUT2D eigenvalue weighted by Gasteiger charge is -1.70. The molecular weight excluding hydrogens is 380 g/mol. The minimum absolute atomic E-state index is 1.39. The van der Waals surface area contributed by atoms with Crippen LogP contribution in [0.5, 0.6) is 0 Å². The van der Waals surface area contributed by atoms with Crippen molar-refractivity contribution in [1.29, 1.82) is 0 Å². The van der Waals surface area contributed by atoms with Gasteiger partial charge in [-0.3, -0.25) is 15.0 Å². The summed E-state index contributed by atoms with van der Waals surface area (Å²) in [6.45, 7) is 0. The maximum atomic E-state index is 3.78. The summed E-state index contributed by atoms with van der Waals surface area (Å²) in [6.07, 6.45) is 22.7. The second kappa shape index (κ2) is 20.7. The molecule has 0 amide bonds. The molecule has 0 aliphatic carbocycles. The van der Waals surface area contributed by atoms with Gasteiger partial charge in [0.15, 0.2) is 0 Å². The van der Waals surface area contributed by atoms with Gasteiger partial charge in [-0.05, 0) is 30.3 Å². The fraction of sp³-hybridized carbons (Fsp3) is 0. The molecule has 5 aromatic heterocycles. The molecule has 0 radical (unpaired) electrons. The zero-order chi connectivity index (χ0) is 21.2. The Morgan fingerprint density at radius 1 is 0.233 bits per heavy atom. The first-order valence-corrected chi connectivity index (χ1v) is 8.53. The Bertz CT molecular complexity index is 570. The fourth-order valence-corrected chi connectivity index (χ4v) is 1.28. The van der Waals surface area contributed by atoms with Gasteiger partial charge in [0.2, 0.25) is 0 Å². The van der Waals surface area contributed by atoms with Crippen LogP contribution in [0.25, 0.3) is 0 Å². The standard InChI is InChI=1S/C5H5N.3C4H4N2.C3H3N3/c1-2-4-6-5-3-1;1-2-6-4-3-5-1;1-2-5-4-6-3-1;1-2-4-6-5-3-1;1-2-5-6-3-4-1/h1-5H;3*1-4H;1-3H. The maximum Gasteiger partial charge on any atom is 0.138 e. The van der Waals surface area contributed by atoms with Crippen molar-refractivity contribution in [2.24, 2.45) is 0 Å². The average molecular weight is 400 g/mol. The van der Waals surface area contributed by atoms with Crippen molar-refractivity contribution in [1.82, 2.24) is 50.3 Å². The normalized spacial score (nSPS) is 8.00. The number of aromatic nitrogens is 10. The third-order valence-corrected chi connectivity index (χ3v) is 2.41. The quantitative estimate of drug-likeness (QED) is 0.382. The van der Waals surface area contributed by atoms with E-state index in [1.807, 2.05) is 30.3 Å². The first kappa shape index (κ1) is 23.4. The minimum Gasteiger partial charge on any atom is -0.265 e. The molecule has 0 fully saturated rings. The molecule has 0 aliphatic rings. The Morgan fingerprint density at radius 3 is 0.833 bits per heavy atom. The zero-order valence-electron chi connectivity index (χ0n) is 16.0. The molecule has 0 aromatic carbocycles. The highest BCUT2D eigenvalue weighted by molar-refractivity contribution is 4.88. The minimum atomic E-state index is 1.39. The third kappa shape index (κ3) is 18.2. The van der Waals surface area contributed by atoms with E-state index in [1.165, 1.54) is 18.9 Å². The maximum absolute atomic E-state index is 3.78. The number of hydrogen-bond acceptors (Lipinski definition) is 10. The van der Waals surface area contributed by atoms with Crippen LogP contribution in [-0.2, 0) is 0 Å². The van der Waals surface area contributed by atoms with Crippen molar-refractivity contribution in [3.8, 4) is 0 Å². The Hall–Kier alpha value is -4.60. The van der Waals surface area contributed by atoms with Gasteiger partial charge >= 0.3 is 0 Å². The van der Waals surface area contributed by atoms with Crippen molar-refractivity contribution in [3.05, 3.63) is 123 Å². The molecule has 0 atom stereocenters. The molecule has 0 saturated heterocycles. The highest BCUT2D eigenvalue weighted by atomic mass is 15.1. The summed E-state index contributed by atoms with van der Waals surface area (Å²) in [5.41, 5.74) is 0. The van der Waals surface area contributed by atoms with Gasteiger partial charge < -0.3 is 0 Å². The van der Waals surface area contributed by atoms with E-state index in [9.17, 15) is 0 Å². The molecule has 0 unspecified atom stereocenters. The molecule has 0 N–H and O–H groups in total. The largest absolute Gasteiger partial charge is 0.265 e. The van der Waals surface area contributed by atoms with Crippen LogP contribution in [0.3, 0.4) is 0 Å². The monoisotopic (exact) mass is 400 g/mol. The van der Waals surface area contributed by atoms with Gasteiger partial charge in [0.25, 0.3) is 0 Å². The molecule has 5 aromatic rings. The molecule has 0 aliphatic heterocycles. The Balaban J connectivity index is 0.000000187.